The lowest BCUT2D eigenvalue weighted by Gasteiger charge is -2.06. The average molecular weight is 321 g/mol. The Bertz CT molecular complexity index is 820. The van der Waals surface area contributed by atoms with Crippen LogP contribution in [0.1, 0.15) is 17.0 Å². The summed E-state index contributed by atoms with van der Waals surface area (Å²) in [5.74, 6) is 0.489. The van der Waals surface area contributed by atoms with E-state index in [0.29, 0.717) is 12.5 Å². The van der Waals surface area contributed by atoms with Gasteiger partial charge < -0.3 is 16.0 Å². The first-order valence-corrected chi connectivity index (χ1v) is 8.24. The predicted molar refractivity (Wildman–Crippen MR) is 99.2 cm³/mol. The molecule has 1 aromatic carbocycles. The van der Waals surface area contributed by atoms with Crippen LogP contribution in [0.15, 0.2) is 53.7 Å². The number of aryl methyl sites for hydroxylation is 1. The molecule has 0 radical (unpaired) electrons. The second kappa shape index (κ2) is 7.64. The van der Waals surface area contributed by atoms with Crippen LogP contribution in [-0.2, 0) is 12.8 Å². The van der Waals surface area contributed by atoms with Gasteiger partial charge in [0.25, 0.3) is 0 Å². The van der Waals surface area contributed by atoms with Crippen molar-refractivity contribution >= 4 is 16.9 Å². The molecule has 0 atom stereocenters. The number of nitrogens with one attached hydrogen (secondary N) is 2. The van der Waals surface area contributed by atoms with E-state index in [-0.39, 0.29) is 0 Å². The molecule has 5 heteroatoms. The molecule has 3 aromatic rings. The lowest BCUT2D eigenvalue weighted by atomic mass is 10.1. The molecule has 2 heterocycles. The third-order valence-corrected chi connectivity index (χ3v) is 4.08. The molecular weight excluding hydrogens is 298 g/mol. The van der Waals surface area contributed by atoms with Gasteiger partial charge in [-0.05, 0) is 37.1 Å². The number of guanidine groups is 1. The van der Waals surface area contributed by atoms with Gasteiger partial charge in [0.15, 0.2) is 5.96 Å². The summed E-state index contributed by atoms with van der Waals surface area (Å²) in [6.07, 6.45) is 3.50. The molecule has 2 aromatic heterocycles. The Morgan fingerprint density at radius 3 is 2.83 bits per heavy atom. The highest BCUT2D eigenvalue weighted by Crippen LogP contribution is 2.21. The molecule has 0 saturated heterocycles. The van der Waals surface area contributed by atoms with E-state index >= 15 is 0 Å². The number of para-hydroxylation sites is 1. The van der Waals surface area contributed by atoms with E-state index in [2.05, 4.69) is 45.4 Å². The minimum atomic E-state index is 0.489. The van der Waals surface area contributed by atoms with E-state index in [9.17, 15) is 0 Å². The van der Waals surface area contributed by atoms with Crippen LogP contribution in [0.4, 0.5) is 0 Å². The maximum atomic E-state index is 5.94. The smallest absolute Gasteiger partial charge is 0.188 e. The second-order valence-electron chi connectivity index (χ2n) is 5.79. The molecule has 24 heavy (non-hydrogen) atoms. The molecule has 0 aliphatic rings. The van der Waals surface area contributed by atoms with Crippen LogP contribution in [0, 0.1) is 6.92 Å². The molecule has 0 amide bonds. The maximum absolute atomic E-state index is 5.94. The van der Waals surface area contributed by atoms with Gasteiger partial charge in [-0.2, -0.15) is 0 Å². The Kier molecular flexibility index (Phi) is 5.11. The zero-order chi connectivity index (χ0) is 16.8. The summed E-state index contributed by atoms with van der Waals surface area (Å²) in [7, 11) is 0. The van der Waals surface area contributed by atoms with Crippen molar-refractivity contribution in [3.8, 4) is 0 Å². The number of nitrogens with two attached hydrogens (primary N) is 1. The van der Waals surface area contributed by atoms with Crippen LogP contribution in [0.25, 0.3) is 10.9 Å². The number of aromatic amines is 1. The molecule has 0 fully saturated rings. The van der Waals surface area contributed by atoms with E-state index in [1.807, 2.05) is 24.3 Å². The summed E-state index contributed by atoms with van der Waals surface area (Å²) >= 11 is 0. The van der Waals surface area contributed by atoms with Crippen molar-refractivity contribution in [1.82, 2.24) is 15.3 Å². The molecule has 0 spiro atoms. The monoisotopic (exact) mass is 321 g/mol. The Hall–Kier alpha value is -2.82. The van der Waals surface area contributed by atoms with E-state index < -0.39 is 0 Å². The van der Waals surface area contributed by atoms with Gasteiger partial charge in [0.05, 0.1) is 0 Å². The highest BCUT2D eigenvalue weighted by molar-refractivity contribution is 5.84. The van der Waals surface area contributed by atoms with Crippen molar-refractivity contribution in [2.75, 3.05) is 13.1 Å². The molecule has 0 bridgehead atoms. The topological polar surface area (TPSA) is 79.1 Å². The van der Waals surface area contributed by atoms with Gasteiger partial charge in [0.1, 0.15) is 0 Å². The van der Waals surface area contributed by atoms with Gasteiger partial charge in [-0.15, -0.1) is 0 Å². The molecule has 124 valence electrons. The quantitative estimate of drug-likeness (QED) is 0.482. The molecule has 0 unspecified atom stereocenters. The molecule has 3 rings (SSSR count). The minimum Gasteiger partial charge on any atom is -0.370 e. The van der Waals surface area contributed by atoms with Crippen LogP contribution in [0.5, 0.6) is 0 Å². The van der Waals surface area contributed by atoms with Crippen LogP contribution < -0.4 is 11.1 Å². The normalized spacial score (nSPS) is 11.8. The van der Waals surface area contributed by atoms with Gasteiger partial charge in [0.2, 0.25) is 0 Å². The van der Waals surface area contributed by atoms with Gasteiger partial charge in [-0.25, -0.2) is 0 Å². The fourth-order valence-electron chi connectivity index (χ4n) is 2.87. The SMILES string of the molecule is Cc1[nH]c2ccccc2c1CCNC(N)=NCCc1ccccn1. The Balaban J connectivity index is 1.50. The number of aliphatic imine (C=N–C) groups is 1. The maximum Gasteiger partial charge on any atom is 0.188 e. The fraction of sp³-hybridized carbons (Fsp3) is 0.263. The highest BCUT2D eigenvalue weighted by atomic mass is 15.1. The van der Waals surface area contributed by atoms with Crippen molar-refractivity contribution in [1.29, 1.82) is 0 Å². The summed E-state index contributed by atoms with van der Waals surface area (Å²) < 4.78 is 0. The minimum absolute atomic E-state index is 0.489. The Labute approximate surface area is 142 Å². The lowest BCUT2D eigenvalue weighted by Crippen LogP contribution is -2.33. The number of H-pyrrole nitrogens is 1. The largest absolute Gasteiger partial charge is 0.370 e. The predicted octanol–water partition coefficient (Wildman–Crippen LogP) is 2.56. The van der Waals surface area contributed by atoms with Crippen LogP contribution in [0.2, 0.25) is 0 Å². The Morgan fingerprint density at radius 2 is 2.00 bits per heavy atom. The van der Waals surface area contributed by atoms with Gasteiger partial charge >= 0.3 is 0 Å². The number of hydrogen-bond acceptors (Lipinski definition) is 2. The number of aromatic nitrogens is 2. The van der Waals surface area contributed by atoms with Crippen LogP contribution >= 0.6 is 0 Å². The number of nitrogens with zero attached hydrogens (tertiary/aromatic N) is 2. The summed E-state index contributed by atoms with van der Waals surface area (Å²) in [5, 5.41) is 4.47. The average Bonchev–Trinajstić information content (AvgIpc) is 2.92. The van der Waals surface area contributed by atoms with E-state index in [1.54, 1.807) is 6.20 Å². The zero-order valence-corrected chi connectivity index (χ0v) is 13.9. The number of hydrogen-bond donors (Lipinski definition) is 3. The van der Waals surface area contributed by atoms with E-state index in [1.165, 1.54) is 22.2 Å². The zero-order valence-electron chi connectivity index (χ0n) is 13.9. The van der Waals surface area contributed by atoms with Gasteiger partial charge in [-0.1, -0.05) is 24.3 Å². The summed E-state index contributed by atoms with van der Waals surface area (Å²) in [5.41, 5.74) is 10.7. The molecule has 0 aliphatic carbocycles. The standard InChI is InChI=1S/C19H23N5/c1-14-16(17-7-2-3-8-18(17)24-14)10-13-23-19(20)22-12-9-15-6-4-5-11-21-15/h2-8,11,24H,9-10,12-13H2,1H3,(H3,20,22,23). The van der Waals surface area contributed by atoms with Crippen molar-refractivity contribution < 1.29 is 0 Å². The number of benzene rings is 1. The van der Waals surface area contributed by atoms with Crippen molar-refractivity contribution in [2.24, 2.45) is 10.7 Å². The lowest BCUT2D eigenvalue weighted by molar-refractivity contribution is 0.839. The third kappa shape index (κ3) is 3.93. The first-order chi connectivity index (χ1) is 11.7. The highest BCUT2D eigenvalue weighted by Gasteiger charge is 2.07. The first kappa shape index (κ1) is 16.1. The summed E-state index contributed by atoms with van der Waals surface area (Å²) in [6.45, 7) is 3.52. The van der Waals surface area contributed by atoms with Crippen LogP contribution in [0.3, 0.4) is 0 Å². The van der Waals surface area contributed by atoms with Crippen molar-refractivity contribution in [3.05, 3.63) is 65.6 Å². The fourth-order valence-corrected chi connectivity index (χ4v) is 2.87. The number of pyridine rings is 1. The van der Waals surface area contributed by atoms with Crippen molar-refractivity contribution in [2.45, 2.75) is 19.8 Å². The second-order valence-corrected chi connectivity index (χ2v) is 5.79. The van der Waals surface area contributed by atoms with E-state index in [0.717, 1.165) is 25.1 Å². The summed E-state index contributed by atoms with van der Waals surface area (Å²) in [6, 6.07) is 14.3. The molecule has 4 N–H and O–H groups in total. The molecule has 0 saturated carbocycles. The number of rotatable bonds is 6. The van der Waals surface area contributed by atoms with Crippen molar-refractivity contribution in [3.63, 3.8) is 0 Å². The van der Waals surface area contributed by atoms with Gasteiger partial charge in [-0.3, -0.25) is 9.98 Å². The van der Waals surface area contributed by atoms with E-state index in [4.69, 9.17) is 5.73 Å². The third-order valence-electron chi connectivity index (χ3n) is 4.08. The first-order valence-electron chi connectivity index (χ1n) is 8.24. The number of fused-ring (bicyclic) bond motifs is 1. The molecule has 0 aliphatic heterocycles. The Morgan fingerprint density at radius 1 is 1.17 bits per heavy atom. The molecular formula is C19H23N5. The summed E-state index contributed by atoms with van der Waals surface area (Å²) in [4.78, 5) is 12.1. The van der Waals surface area contributed by atoms with Gasteiger partial charge in [0, 0.05) is 48.0 Å². The van der Waals surface area contributed by atoms with Crippen LogP contribution in [-0.4, -0.2) is 29.0 Å². The molecule has 5 nitrogen and oxygen atoms in total.